The van der Waals surface area contributed by atoms with Crippen molar-refractivity contribution < 1.29 is 4.43 Å². The molecule has 0 heterocycles. The van der Waals surface area contributed by atoms with Crippen LogP contribution in [0.4, 0.5) is 0 Å². The molecular weight excluding hydrogens is 336 g/mol. The minimum atomic E-state index is -1.86. The van der Waals surface area contributed by atoms with Crippen LogP contribution >= 0.6 is 0 Å². The summed E-state index contributed by atoms with van der Waals surface area (Å²) >= 11 is 0. The van der Waals surface area contributed by atoms with Gasteiger partial charge in [-0.1, -0.05) is 40.7 Å². The van der Waals surface area contributed by atoms with E-state index in [0.717, 1.165) is 18.6 Å². The van der Waals surface area contributed by atoms with Crippen LogP contribution in [0.1, 0.15) is 70.7 Å². The maximum absolute atomic E-state index is 6.70. The van der Waals surface area contributed by atoms with Crippen LogP contribution in [-0.2, 0) is 0 Å². The molecule has 0 saturated heterocycles. The Morgan fingerprint density at radius 3 is 1.50 bits per heavy atom. The van der Waals surface area contributed by atoms with E-state index in [4.69, 9.17) is 4.43 Å². The van der Waals surface area contributed by atoms with Crippen molar-refractivity contribution in [2.45, 2.75) is 77.7 Å². The molecule has 0 fully saturated rings. The van der Waals surface area contributed by atoms with Gasteiger partial charge in [0.2, 0.25) is 8.32 Å². The highest BCUT2D eigenvalue weighted by molar-refractivity contribution is 6.74. The van der Waals surface area contributed by atoms with E-state index >= 15 is 0 Å². The van der Waals surface area contributed by atoms with Crippen LogP contribution in [0.25, 0.3) is 0 Å². The molecule has 0 aliphatic rings. The molecule has 3 nitrogen and oxygen atoms in total. The molecule has 0 aliphatic carbocycles. The second kappa shape index (κ2) is 8.90. The van der Waals surface area contributed by atoms with E-state index in [1.807, 2.05) is 0 Å². The van der Waals surface area contributed by atoms with Gasteiger partial charge in [-0.05, 0) is 82.4 Å². The molecule has 0 aromatic heterocycles. The summed E-state index contributed by atoms with van der Waals surface area (Å²) < 4.78 is 6.70. The van der Waals surface area contributed by atoms with Gasteiger partial charge in [0.1, 0.15) is 5.75 Å². The van der Waals surface area contributed by atoms with Gasteiger partial charge in [0.25, 0.3) is 0 Å². The Bertz CT molecular complexity index is 542. The van der Waals surface area contributed by atoms with E-state index < -0.39 is 8.32 Å². The van der Waals surface area contributed by atoms with Gasteiger partial charge in [0.05, 0.1) is 0 Å². The SMILES string of the molecule is CC[C@@H](c1cc(O[Si](C)(C)C(C)(C)C)cc([C@H](CC)N(C)C)c1)N(C)C. The van der Waals surface area contributed by atoms with Gasteiger partial charge in [-0.3, -0.25) is 0 Å². The second-order valence-electron chi connectivity index (χ2n) is 9.47. The predicted octanol–water partition coefficient (Wildman–Crippen LogP) is 6.10. The minimum absolute atomic E-state index is 0.195. The normalized spacial score (nSPS) is 15.4. The number of benzene rings is 1. The Balaban J connectivity index is 3.45. The van der Waals surface area contributed by atoms with E-state index in [-0.39, 0.29) is 5.04 Å². The second-order valence-corrected chi connectivity index (χ2v) is 14.2. The third-order valence-electron chi connectivity index (χ3n) is 5.92. The Hall–Kier alpha value is -0.843. The predicted molar refractivity (Wildman–Crippen MR) is 118 cm³/mol. The summed E-state index contributed by atoms with van der Waals surface area (Å²) in [5.41, 5.74) is 2.73. The van der Waals surface area contributed by atoms with Gasteiger partial charge in [0, 0.05) is 12.1 Å². The molecule has 0 aliphatic heterocycles. The molecule has 0 N–H and O–H groups in total. The molecule has 1 aromatic carbocycles. The first-order valence-electron chi connectivity index (χ1n) is 10.0. The fourth-order valence-corrected chi connectivity index (χ4v) is 4.35. The summed E-state index contributed by atoms with van der Waals surface area (Å²) in [6.07, 6.45) is 2.18. The van der Waals surface area contributed by atoms with Crippen LogP contribution < -0.4 is 4.43 Å². The van der Waals surface area contributed by atoms with Crippen LogP contribution in [0.5, 0.6) is 5.75 Å². The van der Waals surface area contributed by atoms with Crippen molar-refractivity contribution in [2.75, 3.05) is 28.2 Å². The minimum Gasteiger partial charge on any atom is -0.543 e. The van der Waals surface area contributed by atoms with E-state index in [2.05, 4.69) is 104 Å². The average Bonchev–Trinajstić information content (AvgIpc) is 2.45. The van der Waals surface area contributed by atoms with Crippen molar-refractivity contribution >= 4 is 8.32 Å². The molecule has 1 rings (SSSR count). The van der Waals surface area contributed by atoms with Crippen molar-refractivity contribution in [2.24, 2.45) is 0 Å². The molecule has 0 unspecified atom stereocenters. The third-order valence-corrected chi connectivity index (χ3v) is 10.3. The fourth-order valence-electron chi connectivity index (χ4n) is 3.34. The molecule has 2 atom stereocenters. The Labute approximate surface area is 163 Å². The van der Waals surface area contributed by atoms with Gasteiger partial charge >= 0.3 is 0 Å². The topological polar surface area (TPSA) is 15.7 Å². The molecule has 0 spiro atoms. The van der Waals surface area contributed by atoms with Crippen LogP contribution in [0.3, 0.4) is 0 Å². The summed E-state index contributed by atoms with van der Waals surface area (Å²) in [7, 11) is 6.80. The van der Waals surface area contributed by atoms with Gasteiger partial charge in [-0.15, -0.1) is 0 Å². The van der Waals surface area contributed by atoms with Crippen molar-refractivity contribution in [3.63, 3.8) is 0 Å². The summed E-state index contributed by atoms with van der Waals surface area (Å²) in [5.74, 6) is 1.05. The van der Waals surface area contributed by atoms with Crippen molar-refractivity contribution in [3.8, 4) is 5.75 Å². The molecule has 0 bridgehead atoms. The average molecular weight is 379 g/mol. The standard InChI is InChI=1S/C22H42N2OSi/c1-12-20(23(6)7)17-14-18(21(13-2)24(8)9)16-19(15-17)25-26(10,11)22(3,4)5/h14-16,20-21H,12-13H2,1-11H3/t20-,21-/m0/s1. The first kappa shape index (κ1) is 23.2. The molecule has 4 heteroatoms. The van der Waals surface area contributed by atoms with Crippen LogP contribution in [0.15, 0.2) is 18.2 Å². The molecule has 0 radical (unpaired) electrons. The summed E-state index contributed by atoms with van der Waals surface area (Å²) in [6.45, 7) is 16.1. The van der Waals surface area contributed by atoms with E-state index in [9.17, 15) is 0 Å². The van der Waals surface area contributed by atoms with Gasteiger partial charge < -0.3 is 14.2 Å². The number of hydrogen-bond donors (Lipinski definition) is 0. The number of nitrogens with zero attached hydrogens (tertiary/aromatic N) is 2. The summed E-state index contributed by atoms with van der Waals surface area (Å²) in [4.78, 5) is 4.62. The lowest BCUT2D eigenvalue weighted by Gasteiger charge is -2.37. The lowest BCUT2D eigenvalue weighted by molar-refractivity contribution is 0.283. The maximum Gasteiger partial charge on any atom is 0.250 e. The van der Waals surface area contributed by atoms with Crippen LogP contribution in [-0.4, -0.2) is 46.3 Å². The first-order chi connectivity index (χ1) is 11.8. The Morgan fingerprint density at radius 1 is 0.846 bits per heavy atom. The largest absolute Gasteiger partial charge is 0.543 e. The number of hydrogen-bond acceptors (Lipinski definition) is 3. The smallest absolute Gasteiger partial charge is 0.250 e. The highest BCUT2D eigenvalue weighted by Crippen LogP contribution is 2.39. The molecule has 1 aromatic rings. The van der Waals surface area contributed by atoms with E-state index in [0.29, 0.717) is 12.1 Å². The molecular formula is C22H42N2OSi. The van der Waals surface area contributed by atoms with Crippen LogP contribution in [0.2, 0.25) is 18.1 Å². The highest BCUT2D eigenvalue weighted by atomic mass is 28.4. The molecule has 150 valence electrons. The highest BCUT2D eigenvalue weighted by Gasteiger charge is 2.39. The van der Waals surface area contributed by atoms with E-state index in [1.165, 1.54) is 11.1 Å². The Kier molecular flexibility index (Phi) is 7.94. The van der Waals surface area contributed by atoms with E-state index in [1.54, 1.807) is 0 Å². The first-order valence-corrected chi connectivity index (χ1v) is 12.9. The Morgan fingerprint density at radius 2 is 1.23 bits per heavy atom. The quantitative estimate of drug-likeness (QED) is 0.509. The molecule has 26 heavy (non-hydrogen) atoms. The fraction of sp³-hybridized carbons (Fsp3) is 0.727. The zero-order valence-electron chi connectivity index (χ0n) is 19.1. The van der Waals surface area contributed by atoms with Crippen molar-refractivity contribution in [1.82, 2.24) is 9.80 Å². The lowest BCUT2D eigenvalue weighted by Crippen LogP contribution is -2.44. The van der Waals surface area contributed by atoms with Gasteiger partial charge in [0.15, 0.2) is 0 Å². The van der Waals surface area contributed by atoms with Gasteiger partial charge in [-0.2, -0.15) is 0 Å². The monoisotopic (exact) mass is 378 g/mol. The summed E-state index contributed by atoms with van der Waals surface area (Å²) in [5, 5.41) is 0.195. The third kappa shape index (κ3) is 5.58. The lowest BCUT2D eigenvalue weighted by atomic mass is 9.96. The molecule has 0 amide bonds. The maximum atomic E-state index is 6.70. The number of rotatable bonds is 8. The summed E-state index contributed by atoms with van der Waals surface area (Å²) in [6, 6.07) is 7.77. The van der Waals surface area contributed by atoms with Gasteiger partial charge in [-0.25, -0.2) is 0 Å². The van der Waals surface area contributed by atoms with Crippen molar-refractivity contribution in [3.05, 3.63) is 29.3 Å². The van der Waals surface area contributed by atoms with Crippen molar-refractivity contribution in [1.29, 1.82) is 0 Å². The zero-order chi connectivity index (χ0) is 20.3. The zero-order valence-corrected chi connectivity index (χ0v) is 20.1. The van der Waals surface area contributed by atoms with Crippen LogP contribution in [0, 0.1) is 0 Å². The molecule has 0 saturated carbocycles.